The summed E-state index contributed by atoms with van der Waals surface area (Å²) in [7, 11) is 0. The number of ether oxygens (including phenoxy) is 1. The van der Waals surface area contributed by atoms with Crippen molar-refractivity contribution in [2.75, 3.05) is 0 Å². The van der Waals surface area contributed by atoms with E-state index in [0.29, 0.717) is 34.2 Å². The molecule has 0 bridgehead atoms. The van der Waals surface area contributed by atoms with Gasteiger partial charge in [-0.25, -0.2) is 14.2 Å². The van der Waals surface area contributed by atoms with Crippen molar-refractivity contribution in [3.05, 3.63) is 60.6 Å². The van der Waals surface area contributed by atoms with Gasteiger partial charge >= 0.3 is 5.97 Å². The van der Waals surface area contributed by atoms with E-state index in [9.17, 15) is 19.5 Å². The number of esters is 1. The third-order valence-corrected chi connectivity index (χ3v) is 9.91. The molecule has 3 aliphatic rings. The number of halogens is 2. The molecule has 0 saturated carbocycles. The zero-order chi connectivity index (χ0) is 28.9. The summed E-state index contributed by atoms with van der Waals surface area (Å²) in [5.74, 6) is -1.56. The molecule has 4 heterocycles. The summed E-state index contributed by atoms with van der Waals surface area (Å²) in [4.78, 5) is 44.5. The average Bonchev–Trinajstić information content (AvgIpc) is 3.27. The molecule has 1 amide bonds. The van der Waals surface area contributed by atoms with Crippen LogP contribution in [-0.2, 0) is 39.5 Å². The zero-order valence-corrected chi connectivity index (χ0v) is 24.7. The topological polar surface area (TPSA) is 111 Å². The van der Waals surface area contributed by atoms with Crippen molar-refractivity contribution in [2.24, 2.45) is 11.3 Å². The molecule has 8 nitrogen and oxygen atoms in total. The molecule has 3 atom stereocenters. The first-order chi connectivity index (χ1) is 18.8. The summed E-state index contributed by atoms with van der Waals surface area (Å²) in [6.45, 7) is 9.59. The summed E-state index contributed by atoms with van der Waals surface area (Å²) < 4.78 is 22.2. The first-order valence-corrected chi connectivity index (χ1v) is 14.4. The van der Waals surface area contributed by atoms with Crippen molar-refractivity contribution in [1.29, 1.82) is 0 Å². The third kappa shape index (κ3) is 3.71. The van der Waals surface area contributed by atoms with E-state index in [4.69, 9.17) is 9.72 Å². The summed E-state index contributed by atoms with van der Waals surface area (Å²) in [6, 6.07) is 2.65. The highest BCUT2D eigenvalue weighted by Gasteiger charge is 2.46. The van der Waals surface area contributed by atoms with E-state index in [1.54, 1.807) is 17.6 Å². The Morgan fingerprint density at radius 3 is 2.70 bits per heavy atom. The molecule has 3 aromatic rings. The van der Waals surface area contributed by atoms with Gasteiger partial charge in [-0.05, 0) is 57.8 Å². The van der Waals surface area contributed by atoms with Crippen LogP contribution >= 0.6 is 15.9 Å². The van der Waals surface area contributed by atoms with Crippen LogP contribution in [0.2, 0.25) is 0 Å². The SMILES string of the molecule is CC[C@@]1(O)C(=O)OCc2c1cc1n(c2=O)Cc2c-1nc1cc(F)c(Br)c3c1c2[C@H](NC(=O)[C@@H](C)C(C)(C)C)CC3. The molecular weight excluding hydrogens is 581 g/mol. The van der Waals surface area contributed by atoms with Gasteiger partial charge in [0.05, 0.1) is 39.5 Å². The lowest BCUT2D eigenvalue weighted by atomic mass is 9.80. The fourth-order valence-electron chi connectivity index (χ4n) is 6.19. The van der Waals surface area contributed by atoms with Gasteiger partial charge in [0.2, 0.25) is 5.91 Å². The number of carbonyl (C=O) groups is 2. The Labute approximate surface area is 239 Å². The molecule has 0 saturated heterocycles. The number of rotatable bonds is 3. The van der Waals surface area contributed by atoms with Crippen LogP contribution in [0, 0.1) is 17.2 Å². The first kappa shape index (κ1) is 27.1. The number of aliphatic hydroxyl groups is 1. The predicted molar refractivity (Wildman–Crippen MR) is 150 cm³/mol. The number of fused-ring (bicyclic) bond motifs is 5. The van der Waals surface area contributed by atoms with Crippen molar-refractivity contribution in [2.45, 2.75) is 78.7 Å². The number of hydrogen-bond donors (Lipinski definition) is 2. The number of pyridine rings is 2. The van der Waals surface area contributed by atoms with E-state index in [1.807, 2.05) is 27.7 Å². The number of hydrogen-bond acceptors (Lipinski definition) is 6. The second-order valence-corrected chi connectivity index (χ2v) is 13.0. The van der Waals surface area contributed by atoms with Gasteiger partial charge in [0, 0.05) is 28.5 Å². The molecule has 2 aliphatic heterocycles. The van der Waals surface area contributed by atoms with Gasteiger partial charge < -0.3 is 19.7 Å². The Bertz CT molecular complexity index is 1710. The lowest BCUT2D eigenvalue weighted by molar-refractivity contribution is -0.172. The van der Waals surface area contributed by atoms with E-state index >= 15 is 4.39 Å². The molecule has 0 unspecified atom stereocenters. The van der Waals surface area contributed by atoms with E-state index < -0.39 is 17.4 Å². The number of amides is 1. The van der Waals surface area contributed by atoms with Gasteiger partial charge in [-0.15, -0.1) is 0 Å². The highest BCUT2D eigenvalue weighted by atomic mass is 79.9. The third-order valence-electron chi connectivity index (χ3n) is 9.05. The molecule has 10 heteroatoms. The van der Waals surface area contributed by atoms with Crippen LogP contribution < -0.4 is 10.9 Å². The quantitative estimate of drug-likeness (QED) is 0.323. The number of aromatic nitrogens is 2. The summed E-state index contributed by atoms with van der Waals surface area (Å²) in [6.07, 6.45) is 1.14. The first-order valence-electron chi connectivity index (χ1n) is 13.6. The van der Waals surface area contributed by atoms with E-state index in [1.165, 1.54) is 6.07 Å². The molecule has 6 rings (SSSR count). The molecule has 2 aromatic heterocycles. The fraction of sp³-hybridized carbons (Fsp3) is 0.467. The molecule has 0 fully saturated rings. The number of cyclic esters (lactones) is 1. The van der Waals surface area contributed by atoms with Crippen molar-refractivity contribution < 1.29 is 23.8 Å². The minimum Gasteiger partial charge on any atom is -0.458 e. The molecular formula is C30H31BrFN3O5. The van der Waals surface area contributed by atoms with Crippen molar-refractivity contribution >= 4 is 38.7 Å². The number of benzene rings is 1. The highest BCUT2D eigenvalue weighted by Crippen LogP contribution is 2.47. The minimum absolute atomic E-state index is 0.0354. The van der Waals surface area contributed by atoms with Crippen LogP contribution in [0.25, 0.3) is 22.3 Å². The van der Waals surface area contributed by atoms with Gasteiger partial charge in [-0.2, -0.15) is 0 Å². The molecule has 1 aliphatic carbocycles. The molecule has 210 valence electrons. The van der Waals surface area contributed by atoms with E-state index in [2.05, 4.69) is 21.2 Å². The summed E-state index contributed by atoms with van der Waals surface area (Å²) in [5.41, 5.74) is 1.65. The van der Waals surface area contributed by atoms with E-state index in [0.717, 1.165) is 22.1 Å². The second kappa shape index (κ2) is 8.94. The molecule has 40 heavy (non-hydrogen) atoms. The van der Waals surface area contributed by atoms with Crippen LogP contribution in [0.5, 0.6) is 0 Å². The van der Waals surface area contributed by atoms with Gasteiger partial charge in [-0.3, -0.25) is 9.59 Å². The smallest absolute Gasteiger partial charge is 0.343 e. The Hall–Kier alpha value is -3.11. The number of aryl methyl sites for hydroxylation is 1. The number of nitrogens with zero attached hydrogens (tertiary/aromatic N) is 2. The lowest BCUT2D eigenvalue weighted by Gasteiger charge is -2.32. The van der Waals surface area contributed by atoms with Crippen molar-refractivity contribution in [1.82, 2.24) is 14.9 Å². The zero-order valence-electron chi connectivity index (χ0n) is 23.1. The minimum atomic E-state index is -1.94. The van der Waals surface area contributed by atoms with E-state index in [-0.39, 0.29) is 59.5 Å². The number of nitrogens with one attached hydrogen (secondary N) is 1. The van der Waals surface area contributed by atoms with Crippen LogP contribution in [0.3, 0.4) is 0 Å². The maximum absolute atomic E-state index is 15.0. The van der Waals surface area contributed by atoms with Crippen LogP contribution in [0.1, 0.15) is 81.3 Å². The molecule has 0 radical (unpaired) electrons. The molecule has 0 spiro atoms. The fourth-order valence-corrected chi connectivity index (χ4v) is 6.70. The Morgan fingerprint density at radius 1 is 1.30 bits per heavy atom. The monoisotopic (exact) mass is 611 g/mol. The van der Waals surface area contributed by atoms with Crippen LogP contribution in [0.15, 0.2) is 21.4 Å². The lowest BCUT2D eigenvalue weighted by Crippen LogP contribution is -2.44. The van der Waals surface area contributed by atoms with Gasteiger partial charge in [0.1, 0.15) is 12.4 Å². The summed E-state index contributed by atoms with van der Waals surface area (Å²) >= 11 is 3.42. The Morgan fingerprint density at radius 2 is 2.02 bits per heavy atom. The average molecular weight is 612 g/mol. The van der Waals surface area contributed by atoms with Crippen LogP contribution in [0.4, 0.5) is 4.39 Å². The second-order valence-electron chi connectivity index (χ2n) is 12.2. The van der Waals surface area contributed by atoms with Gasteiger partial charge in [-0.1, -0.05) is 34.6 Å². The van der Waals surface area contributed by atoms with Gasteiger partial charge in [0.15, 0.2) is 5.60 Å². The molecule has 1 aromatic carbocycles. The van der Waals surface area contributed by atoms with Gasteiger partial charge in [0.25, 0.3) is 5.56 Å². The highest BCUT2D eigenvalue weighted by molar-refractivity contribution is 9.10. The normalized spacial score (nSPS) is 21.9. The Kier molecular flexibility index (Phi) is 6.06. The van der Waals surface area contributed by atoms with Crippen LogP contribution in [-0.4, -0.2) is 26.5 Å². The largest absolute Gasteiger partial charge is 0.458 e. The van der Waals surface area contributed by atoms with Crippen molar-refractivity contribution in [3.8, 4) is 11.4 Å². The molecule has 2 N–H and O–H groups in total. The Balaban J connectivity index is 1.60. The standard InChI is InChI=1S/C30H31BrFN3O5/c1-6-30(39)17-9-21-25-15(11-35(21)27(37)16(17)12-40-28(30)38)23-19(34-26(36)13(2)29(3,4)5)8-7-14-22(23)20(33-25)10-18(32)24(14)31/h9-10,13,19,39H,6-8,11-12H2,1-5H3,(H,34,36)/t13-,19-,30+/m1/s1. The maximum Gasteiger partial charge on any atom is 0.343 e. The van der Waals surface area contributed by atoms with Crippen molar-refractivity contribution in [3.63, 3.8) is 0 Å². The maximum atomic E-state index is 15.0. The number of carbonyl (C=O) groups excluding carboxylic acids is 2. The summed E-state index contributed by atoms with van der Waals surface area (Å²) in [5, 5.41) is 15.2. The predicted octanol–water partition coefficient (Wildman–Crippen LogP) is 4.77.